The number of hydrogen-bond acceptors (Lipinski definition) is 3. The van der Waals surface area contributed by atoms with Crippen LogP contribution >= 0.6 is 23.5 Å². The van der Waals surface area contributed by atoms with Crippen LogP contribution in [0, 0.1) is 5.92 Å². The van der Waals surface area contributed by atoms with Gasteiger partial charge in [-0.1, -0.05) is 32.5 Å². The Balaban J connectivity index is 2.32. The van der Waals surface area contributed by atoms with Gasteiger partial charge in [0, 0.05) is 22.7 Å². The Morgan fingerprint density at radius 1 is 1.60 bits per heavy atom. The second kappa shape index (κ2) is 5.62. The molecule has 0 bridgehead atoms. The van der Waals surface area contributed by atoms with E-state index >= 15 is 0 Å². The van der Waals surface area contributed by atoms with Gasteiger partial charge < -0.3 is 0 Å². The van der Waals surface area contributed by atoms with E-state index in [2.05, 4.69) is 32.5 Å². The van der Waals surface area contributed by atoms with Gasteiger partial charge in [0.05, 0.1) is 0 Å². The zero-order valence-electron chi connectivity index (χ0n) is 10.2. The molecule has 0 aliphatic carbocycles. The topological polar surface area (TPSA) is 17.1 Å². The van der Waals surface area contributed by atoms with Gasteiger partial charge in [0.15, 0.2) is 5.12 Å². The van der Waals surface area contributed by atoms with Crippen molar-refractivity contribution in [3.8, 4) is 0 Å². The first-order valence-electron chi connectivity index (χ1n) is 5.74. The largest absolute Gasteiger partial charge is 0.288 e. The Labute approximate surface area is 102 Å². The van der Waals surface area contributed by atoms with Gasteiger partial charge in [-0.15, -0.1) is 0 Å². The Kier molecular flexibility index (Phi) is 5.04. The zero-order chi connectivity index (χ0) is 11.5. The van der Waals surface area contributed by atoms with Crippen LogP contribution in [0.2, 0.25) is 0 Å². The van der Waals surface area contributed by atoms with E-state index in [-0.39, 0.29) is 5.12 Å². The Morgan fingerprint density at radius 2 is 2.27 bits per heavy atom. The first-order valence-corrected chi connectivity index (χ1v) is 7.61. The van der Waals surface area contributed by atoms with Gasteiger partial charge in [-0.3, -0.25) is 4.79 Å². The van der Waals surface area contributed by atoms with Gasteiger partial charge in [0.1, 0.15) is 0 Å². The third-order valence-electron chi connectivity index (χ3n) is 3.07. The molecule has 0 aromatic carbocycles. The summed E-state index contributed by atoms with van der Waals surface area (Å²) < 4.78 is 0.428. The van der Waals surface area contributed by atoms with Gasteiger partial charge in [0.2, 0.25) is 0 Å². The van der Waals surface area contributed by atoms with Crippen LogP contribution in [0.25, 0.3) is 0 Å². The fourth-order valence-corrected chi connectivity index (χ4v) is 4.66. The maximum atomic E-state index is 10.9. The summed E-state index contributed by atoms with van der Waals surface area (Å²) in [6.07, 6.45) is 3.84. The number of carbonyl (C=O) groups is 1. The molecule has 0 N–H and O–H groups in total. The lowest BCUT2D eigenvalue weighted by atomic mass is 9.98. The number of thioether (sulfide) groups is 2. The van der Waals surface area contributed by atoms with Crippen LogP contribution in [0.15, 0.2) is 0 Å². The highest BCUT2D eigenvalue weighted by molar-refractivity contribution is 8.13. The predicted octanol–water partition coefficient (Wildman–Crippen LogP) is 3.97. The van der Waals surface area contributed by atoms with Crippen LogP contribution in [0.5, 0.6) is 0 Å². The maximum absolute atomic E-state index is 10.9. The molecule has 0 aromatic heterocycles. The predicted molar refractivity (Wildman–Crippen MR) is 71.6 cm³/mol. The van der Waals surface area contributed by atoms with Crippen molar-refractivity contribution in [1.29, 1.82) is 0 Å². The summed E-state index contributed by atoms with van der Waals surface area (Å²) in [5, 5.41) is 1.08. The number of carbonyl (C=O) groups excluding carboxylic acids is 1. The van der Waals surface area contributed by atoms with Gasteiger partial charge in [-0.05, 0) is 25.2 Å². The molecule has 2 atom stereocenters. The van der Waals surface area contributed by atoms with Crippen LogP contribution in [0.3, 0.4) is 0 Å². The van der Waals surface area contributed by atoms with E-state index in [0.29, 0.717) is 4.75 Å². The van der Waals surface area contributed by atoms with Crippen molar-refractivity contribution in [3.63, 3.8) is 0 Å². The van der Waals surface area contributed by atoms with E-state index in [0.717, 1.165) is 16.9 Å². The van der Waals surface area contributed by atoms with E-state index < -0.39 is 0 Å². The minimum atomic E-state index is 0.252. The number of hydrogen-bond donors (Lipinski definition) is 0. The maximum Gasteiger partial charge on any atom is 0.185 e. The van der Waals surface area contributed by atoms with Crippen molar-refractivity contribution >= 4 is 28.6 Å². The standard InChI is InChI=1S/C12H22OS2/c1-9(2)11-5-6-12(4,15-11)7-8-14-10(3)13/h9,11H,5-8H2,1-4H3. The second-order valence-electron chi connectivity index (χ2n) is 4.98. The Hall–Kier alpha value is 0.370. The average Bonchev–Trinajstić information content (AvgIpc) is 2.47. The van der Waals surface area contributed by atoms with Gasteiger partial charge in [0.25, 0.3) is 0 Å². The van der Waals surface area contributed by atoms with E-state index in [4.69, 9.17) is 0 Å². The van der Waals surface area contributed by atoms with E-state index in [9.17, 15) is 4.79 Å². The minimum absolute atomic E-state index is 0.252. The van der Waals surface area contributed by atoms with Crippen molar-refractivity contribution in [2.75, 3.05) is 5.75 Å². The molecule has 3 heteroatoms. The molecule has 1 fully saturated rings. The highest BCUT2D eigenvalue weighted by atomic mass is 32.2. The fraction of sp³-hybridized carbons (Fsp3) is 0.917. The summed E-state index contributed by atoms with van der Waals surface area (Å²) in [7, 11) is 0. The molecule has 0 radical (unpaired) electrons. The SMILES string of the molecule is CC(=O)SCCC1(C)CCC(C(C)C)S1. The van der Waals surface area contributed by atoms with Gasteiger partial charge in [-0.2, -0.15) is 11.8 Å². The summed E-state index contributed by atoms with van der Waals surface area (Å²) in [5.74, 6) is 1.78. The molecule has 1 nitrogen and oxygen atoms in total. The molecule has 0 aromatic rings. The third-order valence-corrected chi connectivity index (χ3v) is 5.95. The summed E-state index contributed by atoms with van der Waals surface area (Å²) in [6.45, 7) is 8.65. The van der Waals surface area contributed by atoms with Gasteiger partial charge in [-0.25, -0.2) is 0 Å². The molecular weight excluding hydrogens is 224 g/mol. The zero-order valence-corrected chi connectivity index (χ0v) is 11.8. The summed E-state index contributed by atoms with van der Waals surface area (Å²) in [5.41, 5.74) is 0. The molecule has 0 amide bonds. The average molecular weight is 246 g/mol. The van der Waals surface area contributed by atoms with Crippen LogP contribution in [-0.2, 0) is 4.79 Å². The van der Waals surface area contributed by atoms with Crippen molar-refractivity contribution < 1.29 is 4.79 Å². The lowest BCUT2D eigenvalue weighted by Crippen LogP contribution is -2.18. The molecule has 0 saturated carbocycles. The Bertz CT molecular complexity index is 228. The molecule has 1 rings (SSSR count). The fourth-order valence-electron chi connectivity index (χ4n) is 1.99. The molecule has 1 heterocycles. The molecule has 0 spiro atoms. The van der Waals surface area contributed by atoms with Crippen LogP contribution < -0.4 is 0 Å². The highest BCUT2D eigenvalue weighted by Crippen LogP contribution is 2.48. The summed E-state index contributed by atoms with van der Waals surface area (Å²) in [4.78, 5) is 10.9. The molecule has 88 valence electrons. The van der Waals surface area contributed by atoms with Crippen molar-refractivity contribution in [2.45, 2.75) is 57.0 Å². The lowest BCUT2D eigenvalue weighted by molar-refractivity contribution is -0.109. The van der Waals surface area contributed by atoms with E-state index in [1.54, 1.807) is 6.92 Å². The second-order valence-corrected chi connectivity index (χ2v) is 8.08. The monoisotopic (exact) mass is 246 g/mol. The normalized spacial score (nSPS) is 31.1. The van der Waals surface area contributed by atoms with E-state index in [1.165, 1.54) is 31.0 Å². The van der Waals surface area contributed by atoms with Crippen LogP contribution in [0.4, 0.5) is 0 Å². The minimum Gasteiger partial charge on any atom is -0.288 e. The summed E-state index contributed by atoms with van der Waals surface area (Å²) >= 11 is 3.62. The van der Waals surface area contributed by atoms with E-state index in [1.807, 2.05) is 0 Å². The smallest absolute Gasteiger partial charge is 0.185 e. The molecule has 1 aliphatic rings. The number of rotatable bonds is 4. The first-order chi connectivity index (χ1) is 6.93. The first kappa shape index (κ1) is 13.4. The molecule has 1 aliphatic heterocycles. The highest BCUT2D eigenvalue weighted by Gasteiger charge is 2.36. The Morgan fingerprint density at radius 3 is 2.73 bits per heavy atom. The van der Waals surface area contributed by atoms with Gasteiger partial charge >= 0.3 is 0 Å². The summed E-state index contributed by atoms with van der Waals surface area (Å²) in [6, 6.07) is 0. The van der Waals surface area contributed by atoms with Crippen LogP contribution in [0.1, 0.15) is 47.0 Å². The molecule has 2 unspecified atom stereocenters. The van der Waals surface area contributed by atoms with Crippen molar-refractivity contribution in [1.82, 2.24) is 0 Å². The molecule has 1 saturated heterocycles. The molecular formula is C12H22OS2. The van der Waals surface area contributed by atoms with Crippen LogP contribution in [-0.4, -0.2) is 20.9 Å². The van der Waals surface area contributed by atoms with Crippen molar-refractivity contribution in [3.05, 3.63) is 0 Å². The molecule has 15 heavy (non-hydrogen) atoms. The third kappa shape index (κ3) is 4.39. The lowest BCUT2D eigenvalue weighted by Gasteiger charge is -2.24. The quantitative estimate of drug-likeness (QED) is 0.747. The van der Waals surface area contributed by atoms with Crippen molar-refractivity contribution in [2.24, 2.45) is 5.92 Å².